The number of hydrogen-bond donors (Lipinski definition) is 3. The molecule has 5 rings (SSSR count). The lowest BCUT2D eigenvalue weighted by atomic mass is 10.0. The second-order valence-electron chi connectivity index (χ2n) is 8.33. The number of carbonyl (C=O) groups is 1. The minimum Gasteiger partial charge on any atom is -0.479 e. The largest absolute Gasteiger partial charge is 0.479 e. The predicted octanol–water partition coefficient (Wildman–Crippen LogP) is 2.77. The lowest BCUT2D eigenvalue weighted by Crippen LogP contribution is -2.50. The van der Waals surface area contributed by atoms with Gasteiger partial charge in [0.25, 0.3) is 5.91 Å². The molecule has 2 atom stereocenters. The van der Waals surface area contributed by atoms with E-state index in [0.29, 0.717) is 40.7 Å². The molecule has 2 unspecified atom stereocenters. The van der Waals surface area contributed by atoms with Crippen molar-refractivity contribution in [1.29, 1.82) is 0 Å². The van der Waals surface area contributed by atoms with E-state index in [0.717, 1.165) is 34.5 Å². The van der Waals surface area contributed by atoms with Crippen LogP contribution in [-0.2, 0) is 16.8 Å². The number of rotatable bonds is 5. The van der Waals surface area contributed by atoms with E-state index in [4.69, 9.17) is 27.9 Å². The number of hydrogen-bond acceptors (Lipinski definition) is 7. The second-order valence-corrected chi connectivity index (χ2v) is 10.1. The molecule has 174 valence electrons. The molecule has 7 nitrogen and oxygen atoms in total. The summed E-state index contributed by atoms with van der Waals surface area (Å²) < 4.78 is 7.05. The average Bonchev–Trinajstić information content (AvgIpc) is 3.47. The van der Waals surface area contributed by atoms with Crippen molar-refractivity contribution >= 4 is 50.7 Å². The van der Waals surface area contributed by atoms with Crippen molar-refractivity contribution in [2.75, 3.05) is 38.7 Å². The van der Waals surface area contributed by atoms with Crippen LogP contribution in [0.3, 0.4) is 0 Å². The zero-order valence-corrected chi connectivity index (χ0v) is 20.0. The van der Waals surface area contributed by atoms with Crippen LogP contribution in [0.1, 0.15) is 10.4 Å². The van der Waals surface area contributed by atoms with E-state index in [2.05, 4.69) is 10.3 Å². The fraction of sp³-hybridized carbons (Fsp3) is 0.391. The SMILES string of the molecule is O=C(C1Cc2cc(Cl)cc(-c3ccnc4cc(C(O)(CO)CCl)sc34)c2O1)N1CCNCC1. The lowest BCUT2D eigenvalue weighted by molar-refractivity contribution is -0.138. The number of nitrogens with zero attached hydrogens (tertiary/aromatic N) is 2. The van der Waals surface area contributed by atoms with Gasteiger partial charge >= 0.3 is 0 Å². The van der Waals surface area contributed by atoms with Crippen LogP contribution in [0.5, 0.6) is 5.75 Å². The number of halogens is 2. The van der Waals surface area contributed by atoms with Gasteiger partial charge in [-0.2, -0.15) is 0 Å². The van der Waals surface area contributed by atoms with Crippen molar-refractivity contribution in [3.63, 3.8) is 0 Å². The Balaban J connectivity index is 1.55. The average molecular weight is 508 g/mol. The van der Waals surface area contributed by atoms with Gasteiger partial charge in [0.1, 0.15) is 11.4 Å². The zero-order valence-electron chi connectivity index (χ0n) is 17.7. The van der Waals surface area contributed by atoms with Crippen molar-refractivity contribution in [1.82, 2.24) is 15.2 Å². The highest BCUT2D eigenvalue weighted by Gasteiger charge is 2.36. The van der Waals surface area contributed by atoms with Gasteiger partial charge in [-0.3, -0.25) is 9.78 Å². The van der Waals surface area contributed by atoms with Gasteiger partial charge in [0, 0.05) is 65.4 Å². The van der Waals surface area contributed by atoms with Gasteiger partial charge in [0.2, 0.25) is 0 Å². The first-order valence-electron chi connectivity index (χ1n) is 10.7. The van der Waals surface area contributed by atoms with Crippen molar-refractivity contribution in [3.05, 3.63) is 45.9 Å². The minimum atomic E-state index is -1.54. The lowest BCUT2D eigenvalue weighted by Gasteiger charge is -2.29. The molecule has 3 N–H and O–H groups in total. The van der Waals surface area contributed by atoms with Crippen molar-refractivity contribution in [3.8, 4) is 16.9 Å². The first-order valence-corrected chi connectivity index (χ1v) is 12.4. The number of piperazine rings is 1. The fourth-order valence-corrected chi connectivity index (χ4v) is 6.09. The molecule has 0 spiro atoms. The Morgan fingerprint density at radius 1 is 1.30 bits per heavy atom. The number of aliphatic hydroxyl groups is 2. The third kappa shape index (κ3) is 4.09. The number of carbonyl (C=O) groups excluding carboxylic acids is 1. The molecule has 0 aliphatic carbocycles. The number of ether oxygens (including phenoxy) is 1. The van der Waals surface area contributed by atoms with Crippen LogP contribution in [0.25, 0.3) is 21.3 Å². The highest BCUT2D eigenvalue weighted by atomic mass is 35.5. The number of fused-ring (bicyclic) bond motifs is 2. The molecule has 3 aromatic rings. The molecular weight excluding hydrogens is 485 g/mol. The number of aliphatic hydroxyl groups excluding tert-OH is 1. The number of thiophene rings is 1. The summed E-state index contributed by atoms with van der Waals surface area (Å²) in [4.78, 5) is 19.9. The summed E-state index contributed by atoms with van der Waals surface area (Å²) >= 11 is 13.7. The van der Waals surface area contributed by atoms with E-state index in [1.54, 1.807) is 12.3 Å². The Bertz CT molecular complexity index is 1210. The molecule has 1 amide bonds. The van der Waals surface area contributed by atoms with E-state index in [9.17, 15) is 15.0 Å². The number of nitrogens with one attached hydrogen (secondary N) is 1. The summed E-state index contributed by atoms with van der Waals surface area (Å²) in [6.07, 6.45) is 1.56. The molecule has 2 aromatic heterocycles. The smallest absolute Gasteiger partial charge is 0.264 e. The Hall–Kier alpha value is -1.94. The van der Waals surface area contributed by atoms with E-state index < -0.39 is 18.3 Å². The molecule has 1 aromatic carbocycles. The van der Waals surface area contributed by atoms with Gasteiger partial charge in [0.05, 0.1) is 22.7 Å². The number of pyridine rings is 1. The quantitative estimate of drug-likeness (QED) is 0.459. The maximum absolute atomic E-state index is 13.1. The fourth-order valence-electron chi connectivity index (χ4n) is 4.32. The predicted molar refractivity (Wildman–Crippen MR) is 129 cm³/mol. The Morgan fingerprint density at radius 3 is 2.82 bits per heavy atom. The van der Waals surface area contributed by atoms with Crippen LogP contribution >= 0.6 is 34.5 Å². The van der Waals surface area contributed by atoms with Crippen LogP contribution in [0.2, 0.25) is 5.02 Å². The number of alkyl halides is 1. The van der Waals surface area contributed by atoms with E-state index in [-0.39, 0.29) is 11.8 Å². The van der Waals surface area contributed by atoms with Crippen molar-refractivity contribution in [2.24, 2.45) is 0 Å². The van der Waals surface area contributed by atoms with Crippen LogP contribution in [0.15, 0.2) is 30.5 Å². The molecule has 2 aliphatic heterocycles. The number of benzene rings is 1. The monoisotopic (exact) mass is 507 g/mol. The summed E-state index contributed by atoms with van der Waals surface area (Å²) in [5.41, 5.74) is 1.62. The third-order valence-electron chi connectivity index (χ3n) is 6.14. The van der Waals surface area contributed by atoms with E-state index in [1.165, 1.54) is 11.3 Å². The summed E-state index contributed by atoms with van der Waals surface area (Å²) in [5, 5.41) is 24.2. The maximum Gasteiger partial charge on any atom is 0.264 e. The van der Waals surface area contributed by atoms with Crippen molar-refractivity contribution in [2.45, 2.75) is 18.1 Å². The van der Waals surface area contributed by atoms with Crippen LogP contribution in [-0.4, -0.2) is 70.8 Å². The van der Waals surface area contributed by atoms with Crippen LogP contribution in [0, 0.1) is 0 Å². The van der Waals surface area contributed by atoms with E-state index >= 15 is 0 Å². The summed E-state index contributed by atoms with van der Waals surface area (Å²) in [6, 6.07) is 7.28. The van der Waals surface area contributed by atoms with Gasteiger partial charge in [-0.15, -0.1) is 22.9 Å². The van der Waals surface area contributed by atoms with Crippen LogP contribution < -0.4 is 10.1 Å². The molecular formula is C23H23Cl2N3O4S. The van der Waals surface area contributed by atoms with Gasteiger partial charge in [-0.1, -0.05) is 11.6 Å². The first kappa shape index (κ1) is 22.8. The third-order valence-corrected chi connectivity index (χ3v) is 8.15. The molecule has 0 radical (unpaired) electrons. The van der Waals surface area contributed by atoms with E-state index in [1.807, 2.05) is 23.1 Å². The second kappa shape index (κ2) is 9.02. The maximum atomic E-state index is 13.1. The Labute approximate surface area is 204 Å². The molecule has 1 saturated heterocycles. The minimum absolute atomic E-state index is 0.0109. The zero-order chi connectivity index (χ0) is 23.2. The Morgan fingerprint density at radius 2 is 2.09 bits per heavy atom. The summed E-state index contributed by atoms with van der Waals surface area (Å²) in [7, 11) is 0. The number of amides is 1. The molecule has 0 saturated carbocycles. The highest BCUT2D eigenvalue weighted by Crippen LogP contribution is 2.45. The van der Waals surface area contributed by atoms with Gasteiger partial charge in [0.15, 0.2) is 6.10 Å². The molecule has 2 aliphatic rings. The first-order chi connectivity index (χ1) is 15.9. The molecule has 1 fully saturated rings. The summed E-state index contributed by atoms with van der Waals surface area (Å²) in [6.45, 7) is 2.39. The molecule has 4 heterocycles. The van der Waals surface area contributed by atoms with Gasteiger partial charge in [-0.05, 0) is 24.3 Å². The highest BCUT2D eigenvalue weighted by molar-refractivity contribution is 7.19. The normalized spacial score (nSPS) is 19.9. The van der Waals surface area contributed by atoms with Gasteiger partial charge in [-0.25, -0.2) is 0 Å². The topological polar surface area (TPSA) is 94.9 Å². The number of aromatic nitrogens is 1. The van der Waals surface area contributed by atoms with Crippen LogP contribution in [0.4, 0.5) is 0 Å². The van der Waals surface area contributed by atoms with Crippen molar-refractivity contribution < 1.29 is 19.7 Å². The molecule has 10 heteroatoms. The molecule has 0 bridgehead atoms. The summed E-state index contributed by atoms with van der Waals surface area (Å²) in [5.74, 6) is 0.491. The molecule has 33 heavy (non-hydrogen) atoms. The standard InChI is InChI=1S/C23H23Cl2N3O4S/c24-11-23(31,12-29)19-10-17-21(33-19)15(1-2-27-17)16-9-14(25)7-13-8-18(32-20(13)16)22(30)28-5-3-26-4-6-28/h1-2,7,9-10,18,26,29,31H,3-6,8,11-12H2. The Kier molecular flexibility index (Phi) is 6.24. The van der Waals surface area contributed by atoms with Gasteiger partial charge < -0.3 is 25.2 Å².